The molecule has 0 saturated carbocycles. The summed E-state index contributed by atoms with van der Waals surface area (Å²) in [7, 11) is 0. The van der Waals surface area contributed by atoms with Crippen LogP contribution in [-0.2, 0) is 5.41 Å². The standard InChI is InChI=1S/C67H41NO/c1-2-19-50-48(18-1)49-20-3-4-24-55(49)65-56(50)27-14-31-62(65)68(45-36-34-42(35-37-45)43-16-13-17-44(40-43)47-26-15-33-64-66(47)57-25-8-12-32-63(57)69-64)46-38-39-54-53-23-7-11-30-60(53)67(61(54)41-46)58-28-9-5-21-51(58)52-22-6-10-29-59(52)67/h1-41H. The van der Waals surface area contributed by atoms with Gasteiger partial charge in [0.1, 0.15) is 11.2 Å². The predicted octanol–water partition coefficient (Wildman–Crippen LogP) is 18.2. The summed E-state index contributed by atoms with van der Waals surface area (Å²) in [6.07, 6.45) is 0. The quantitative estimate of drug-likeness (QED) is 0.160. The molecular formula is C67H41NO. The third-order valence-corrected chi connectivity index (χ3v) is 15.3. The van der Waals surface area contributed by atoms with E-state index in [2.05, 4.69) is 248 Å². The molecule has 1 spiro atoms. The Balaban J connectivity index is 0.953. The number of rotatable bonds is 5. The third-order valence-electron chi connectivity index (χ3n) is 15.3. The average molecular weight is 876 g/mol. The lowest BCUT2D eigenvalue weighted by molar-refractivity contribution is 0.669. The number of benzene rings is 12. The van der Waals surface area contributed by atoms with Crippen molar-refractivity contribution in [1.82, 2.24) is 0 Å². The number of para-hydroxylation sites is 1. The molecule has 0 N–H and O–H groups in total. The second kappa shape index (κ2) is 14.5. The van der Waals surface area contributed by atoms with Gasteiger partial charge >= 0.3 is 0 Å². The molecule has 0 aliphatic heterocycles. The summed E-state index contributed by atoms with van der Waals surface area (Å²) in [6.45, 7) is 0. The van der Waals surface area contributed by atoms with Gasteiger partial charge in [0.15, 0.2) is 0 Å². The first kappa shape index (κ1) is 38.2. The van der Waals surface area contributed by atoms with Crippen molar-refractivity contribution in [2.24, 2.45) is 0 Å². The zero-order valence-electron chi connectivity index (χ0n) is 37.5. The molecule has 0 radical (unpaired) electrons. The van der Waals surface area contributed by atoms with Gasteiger partial charge in [0.05, 0.1) is 11.1 Å². The third kappa shape index (κ3) is 5.31. The van der Waals surface area contributed by atoms with Crippen LogP contribution in [0.5, 0.6) is 0 Å². The molecule has 1 heterocycles. The number of fused-ring (bicyclic) bond motifs is 19. The first-order valence-corrected chi connectivity index (χ1v) is 23.9. The second-order valence-corrected chi connectivity index (χ2v) is 18.6. The van der Waals surface area contributed by atoms with Crippen molar-refractivity contribution >= 4 is 71.3 Å². The van der Waals surface area contributed by atoms with E-state index in [1.165, 1.54) is 82.4 Å². The van der Waals surface area contributed by atoms with E-state index in [0.29, 0.717) is 0 Å². The lowest BCUT2D eigenvalue weighted by Crippen LogP contribution is -2.26. The highest BCUT2D eigenvalue weighted by atomic mass is 16.3. The molecule has 2 aliphatic rings. The number of furan rings is 1. The minimum absolute atomic E-state index is 0.468. The van der Waals surface area contributed by atoms with Gasteiger partial charge in [-0.2, -0.15) is 0 Å². The van der Waals surface area contributed by atoms with E-state index in [9.17, 15) is 0 Å². The lowest BCUT2D eigenvalue weighted by atomic mass is 9.70. The van der Waals surface area contributed by atoms with Crippen LogP contribution in [0.4, 0.5) is 17.1 Å². The molecule has 0 saturated heterocycles. The molecule has 15 rings (SSSR count). The average Bonchev–Trinajstić information content (AvgIpc) is 4.06. The second-order valence-electron chi connectivity index (χ2n) is 18.6. The zero-order valence-corrected chi connectivity index (χ0v) is 37.5. The van der Waals surface area contributed by atoms with Crippen molar-refractivity contribution in [3.05, 3.63) is 271 Å². The maximum Gasteiger partial charge on any atom is 0.136 e. The van der Waals surface area contributed by atoms with Gasteiger partial charge in [0.25, 0.3) is 0 Å². The van der Waals surface area contributed by atoms with Crippen LogP contribution in [0.15, 0.2) is 253 Å². The normalized spacial score (nSPS) is 13.0. The van der Waals surface area contributed by atoms with Crippen LogP contribution >= 0.6 is 0 Å². The van der Waals surface area contributed by atoms with Crippen LogP contribution in [0.25, 0.3) is 98.8 Å². The van der Waals surface area contributed by atoms with E-state index in [4.69, 9.17) is 4.42 Å². The molecule has 2 nitrogen and oxygen atoms in total. The van der Waals surface area contributed by atoms with Crippen molar-refractivity contribution in [2.45, 2.75) is 5.41 Å². The van der Waals surface area contributed by atoms with Gasteiger partial charge in [-0.25, -0.2) is 0 Å². The Morgan fingerprint density at radius 2 is 0.754 bits per heavy atom. The first-order valence-electron chi connectivity index (χ1n) is 23.9. The molecular weight excluding hydrogens is 835 g/mol. The molecule has 0 unspecified atom stereocenters. The zero-order chi connectivity index (χ0) is 45.2. The monoisotopic (exact) mass is 875 g/mol. The van der Waals surface area contributed by atoms with Crippen molar-refractivity contribution in [2.75, 3.05) is 4.90 Å². The van der Waals surface area contributed by atoms with Crippen LogP contribution in [-0.4, -0.2) is 0 Å². The molecule has 1 aromatic heterocycles. The van der Waals surface area contributed by atoms with Gasteiger partial charge in [-0.15, -0.1) is 0 Å². The molecule has 69 heavy (non-hydrogen) atoms. The summed E-state index contributed by atoms with van der Waals surface area (Å²) in [6, 6.07) is 92.0. The summed E-state index contributed by atoms with van der Waals surface area (Å²) >= 11 is 0. The number of nitrogens with zero attached hydrogens (tertiary/aromatic N) is 1. The van der Waals surface area contributed by atoms with Crippen LogP contribution in [0.1, 0.15) is 22.3 Å². The maximum absolute atomic E-state index is 6.30. The lowest BCUT2D eigenvalue weighted by Gasteiger charge is -2.32. The molecule has 0 atom stereocenters. The Kier molecular flexibility index (Phi) is 8.02. The minimum Gasteiger partial charge on any atom is -0.456 e. The van der Waals surface area contributed by atoms with Crippen molar-refractivity contribution in [3.63, 3.8) is 0 Å². The first-order chi connectivity index (χ1) is 34.2. The van der Waals surface area contributed by atoms with Crippen molar-refractivity contribution in [3.8, 4) is 44.5 Å². The molecule has 320 valence electrons. The van der Waals surface area contributed by atoms with Crippen LogP contribution in [0.3, 0.4) is 0 Å². The molecule has 0 bridgehead atoms. The van der Waals surface area contributed by atoms with E-state index in [1.54, 1.807) is 0 Å². The van der Waals surface area contributed by atoms with Crippen LogP contribution in [0.2, 0.25) is 0 Å². The fourth-order valence-corrected chi connectivity index (χ4v) is 12.5. The highest BCUT2D eigenvalue weighted by Crippen LogP contribution is 2.63. The summed E-state index contributed by atoms with van der Waals surface area (Å²) in [5.74, 6) is 0. The van der Waals surface area contributed by atoms with Gasteiger partial charge in [0.2, 0.25) is 0 Å². The van der Waals surface area contributed by atoms with E-state index in [-0.39, 0.29) is 0 Å². The van der Waals surface area contributed by atoms with Crippen molar-refractivity contribution in [1.29, 1.82) is 0 Å². The SMILES string of the molecule is c1cc(-c2ccc(N(c3ccc4c(c3)C3(c5ccccc5-c5ccccc53)c3ccccc3-4)c3cccc4c5ccccc5c5ccccc5c34)cc2)cc(-c2cccc3oc4ccccc4c23)c1. The molecule has 2 heteroatoms. The Bertz CT molecular complexity index is 4160. The van der Waals surface area contributed by atoms with E-state index < -0.39 is 5.41 Å². The number of hydrogen-bond acceptors (Lipinski definition) is 2. The molecule has 0 amide bonds. The van der Waals surface area contributed by atoms with Gasteiger partial charge < -0.3 is 9.32 Å². The van der Waals surface area contributed by atoms with Gasteiger partial charge in [-0.05, 0) is 142 Å². The van der Waals surface area contributed by atoms with Gasteiger partial charge in [-0.3, -0.25) is 0 Å². The van der Waals surface area contributed by atoms with Crippen molar-refractivity contribution < 1.29 is 4.42 Å². The van der Waals surface area contributed by atoms with E-state index in [1.807, 2.05) is 6.07 Å². The molecule has 13 aromatic rings. The highest BCUT2D eigenvalue weighted by molar-refractivity contribution is 6.29. The smallest absolute Gasteiger partial charge is 0.136 e. The van der Waals surface area contributed by atoms with Crippen LogP contribution < -0.4 is 4.90 Å². The summed E-state index contributed by atoms with van der Waals surface area (Å²) in [5, 5.41) is 9.78. The molecule has 0 fully saturated rings. The van der Waals surface area contributed by atoms with Crippen LogP contribution in [0, 0.1) is 0 Å². The molecule has 12 aromatic carbocycles. The Morgan fingerprint density at radius 3 is 1.43 bits per heavy atom. The largest absolute Gasteiger partial charge is 0.456 e. The Hall–Kier alpha value is -8.98. The molecule has 2 aliphatic carbocycles. The topological polar surface area (TPSA) is 16.4 Å². The number of hydrogen-bond donors (Lipinski definition) is 0. The summed E-state index contributed by atoms with van der Waals surface area (Å²) in [5.41, 5.74) is 19.9. The van der Waals surface area contributed by atoms with E-state index >= 15 is 0 Å². The van der Waals surface area contributed by atoms with Gasteiger partial charge in [-0.1, -0.05) is 200 Å². The summed E-state index contributed by atoms with van der Waals surface area (Å²) in [4.78, 5) is 2.51. The minimum atomic E-state index is -0.468. The van der Waals surface area contributed by atoms with E-state index in [0.717, 1.165) is 55.7 Å². The Labute approximate surface area is 399 Å². The highest BCUT2D eigenvalue weighted by Gasteiger charge is 2.51. The summed E-state index contributed by atoms with van der Waals surface area (Å²) < 4.78 is 6.30. The predicted molar refractivity (Wildman–Crippen MR) is 288 cm³/mol. The Morgan fingerprint density at radius 1 is 0.275 bits per heavy atom. The van der Waals surface area contributed by atoms with Gasteiger partial charge in [0, 0.05) is 27.5 Å². The number of anilines is 3. The fraction of sp³-hybridized carbons (Fsp3) is 0.0149. The fourth-order valence-electron chi connectivity index (χ4n) is 12.5. The maximum atomic E-state index is 6.30.